The number of anilines is 1. The molecular weight excluding hydrogens is 333 g/mol. The van der Waals surface area contributed by atoms with E-state index in [1.807, 2.05) is 0 Å². The number of amides is 1. The van der Waals surface area contributed by atoms with Crippen molar-refractivity contribution in [3.05, 3.63) is 65.9 Å². The van der Waals surface area contributed by atoms with Gasteiger partial charge in [-0.15, -0.1) is 0 Å². The molecule has 130 valence electrons. The first-order chi connectivity index (χ1) is 11.4. The SMILES string of the molecule is C.O=C(Nc1cccc(C(F)(F)F)c1)c1ccc2cccnc2c1O. The van der Waals surface area contributed by atoms with E-state index >= 15 is 0 Å². The topological polar surface area (TPSA) is 62.2 Å². The monoisotopic (exact) mass is 348 g/mol. The lowest BCUT2D eigenvalue weighted by Crippen LogP contribution is -2.13. The normalized spacial score (nSPS) is 11.0. The van der Waals surface area contributed by atoms with Crippen molar-refractivity contribution in [3.8, 4) is 5.75 Å². The van der Waals surface area contributed by atoms with Gasteiger partial charge in [0.1, 0.15) is 5.52 Å². The minimum Gasteiger partial charge on any atom is -0.505 e. The van der Waals surface area contributed by atoms with Crippen LogP contribution in [0.3, 0.4) is 0 Å². The fraction of sp³-hybridized carbons (Fsp3) is 0.111. The van der Waals surface area contributed by atoms with Crippen LogP contribution in [0.2, 0.25) is 0 Å². The highest BCUT2D eigenvalue weighted by Crippen LogP contribution is 2.31. The molecule has 2 aromatic carbocycles. The number of pyridine rings is 1. The van der Waals surface area contributed by atoms with E-state index in [1.165, 1.54) is 24.4 Å². The van der Waals surface area contributed by atoms with Gasteiger partial charge in [-0.3, -0.25) is 9.78 Å². The predicted molar refractivity (Wildman–Crippen MR) is 89.5 cm³/mol. The molecule has 0 aliphatic rings. The van der Waals surface area contributed by atoms with Crippen LogP contribution >= 0.6 is 0 Å². The lowest BCUT2D eigenvalue weighted by atomic mass is 10.1. The second-order valence-electron chi connectivity index (χ2n) is 5.07. The second-order valence-corrected chi connectivity index (χ2v) is 5.07. The maximum absolute atomic E-state index is 12.7. The fourth-order valence-electron chi connectivity index (χ4n) is 2.28. The molecule has 0 bridgehead atoms. The Bertz CT molecular complexity index is 924. The summed E-state index contributed by atoms with van der Waals surface area (Å²) in [7, 11) is 0. The van der Waals surface area contributed by atoms with E-state index in [-0.39, 0.29) is 29.9 Å². The summed E-state index contributed by atoms with van der Waals surface area (Å²) in [6.45, 7) is 0. The standard InChI is InChI=1S/C17H11F3N2O2.CH4/c18-17(19,20)11-4-1-5-12(9-11)22-16(24)13-7-6-10-3-2-8-21-14(10)15(13)23;/h1-9,23H,(H,22,24);1H4. The Kier molecular flexibility index (Phi) is 4.97. The first-order valence-electron chi connectivity index (χ1n) is 6.91. The lowest BCUT2D eigenvalue weighted by molar-refractivity contribution is -0.137. The molecule has 0 spiro atoms. The third kappa shape index (κ3) is 3.71. The molecule has 4 nitrogen and oxygen atoms in total. The van der Waals surface area contributed by atoms with Crippen molar-refractivity contribution in [1.29, 1.82) is 0 Å². The highest BCUT2D eigenvalue weighted by atomic mass is 19.4. The minimum atomic E-state index is -4.50. The quantitative estimate of drug-likeness (QED) is 0.696. The van der Waals surface area contributed by atoms with Crippen molar-refractivity contribution in [2.45, 2.75) is 13.6 Å². The maximum Gasteiger partial charge on any atom is 0.416 e. The second kappa shape index (κ2) is 6.80. The van der Waals surface area contributed by atoms with E-state index in [2.05, 4.69) is 10.3 Å². The first kappa shape index (κ1) is 18.3. The number of hydrogen-bond donors (Lipinski definition) is 2. The van der Waals surface area contributed by atoms with Gasteiger partial charge < -0.3 is 10.4 Å². The van der Waals surface area contributed by atoms with Gasteiger partial charge in [0.25, 0.3) is 5.91 Å². The number of nitrogens with zero attached hydrogens (tertiary/aromatic N) is 1. The van der Waals surface area contributed by atoms with E-state index in [0.717, 1.165) is 12.1 Å². The van der Waals surface area contributed by atoms with Crippen molar-refractivity contribution in [3.63, 3.8) is 0 Å². The molecule has 0 fully saturated rings. The van der Waals surface area contributed by atoms with Crippen LogP contribution in [-0.2, 0) is 6.18 Å². The summed E-state index contributed by atoms with van der Waals surface area (Å²) < 4.78 is 38.1. The van der Waals surface area contributed by atoms with Gasteiger partial charge in [-0.2, -0.15) is 13.2 Å². The molecule has 0 aliphatic carbocycles. The number of fused-ring (bicyclic) bond motifs is 1. The van der Waals surface area contributed by atoms with Gasteiger partial charge in [-0.25, -0.2) is 0 Å². The molecule has 0 saturated heterocycles. The Balaban J connectivity index is 0.00000225. The number of phenolic OH excluding ortho intramolecular Hbond substituents is 1. The number of aromatic hydroxyl groups is 1. The van der Waals surface area contributed by atoms with Gasteiger partial charge in [0, 0.05) is 17.3 Å². The smallest absolute Gasteiger partial charge is 0.416 e. The molecule has 0 atom stereocenters. The van der Waals surface area contributed by atoms with Crippen LogP contribution in [0.1, 0.15) is 23.3 Å². The number of nitrogens with one attached hydrogen (secondary N) is 1. The number of carbonyl (C=O) groups excluding carboxylic acids is 1. The third-order valence-electron chi connectivity index (χ3n) is 3.44. The number of alkyl halides is 3. The number of aromatic nitrogens is 1. The molecule has 0 radical (unpaired) electrons. The van der Waals surface area contributed by atoms with E-state index in [1.54, 1.807) is 18.2 Å². The van der Waals surface area contributed by atoms with Crippen molar-refractivity contribution in [1.82, 2.24) is 4.98 Å². The number of hydrogen-bond acceptors (Lipinski definition) is 3. The summed E-state index contributed by atoms with van der Waals surface area (Å²) in [5.41, 5.74) is -0.715. The van der Waals surface area contributed by atoms with Gasteiger partial charge in [0.2, 0.25) is 0 Å². The zero-order chi connectivity index (χ0) is 17.3. The van der Waals surface area contributed by atoms with Gasteiger partial charge in [0.05, 0.1) is 11.1 Å². The molecular formula is C18H15F3N2O2. The van der Waals surface area contributed by atoms with Crippen LogP contribution in [0.15, 0.2) is 54.7 Å². The summed E-state index contributed by atoms with van der Waals surface area (Å²) in [4.78, 5) is 16.3. The summed E-state index contributed by atoms with van der Waals surface area (Å²) in [6, 6.07) is 10.7. The van der Waals surface area contributed by atoms with Crippen molar-refractivity contribution in [2.24, 2.45) is 0 Å². The maximum atomic E-state index is 12.7. The molecule has 1 amide bonds. The molecule has 1 aromatic heterocycles. The third-order valence-corrected chi connectivity index (χ3v) is 3.44. The summed E-state index contributed by atoms with van der Waals surface area (Å²) in [6.07, 6.45) is -3.04. The van der Waals surface area contributed by atoms with E-state index in [9.17, 15) is 23.1 Å². The van der Waals surface area contributed by atoms with Crippen LogP contribution in [0.25, 0.3) is 10.9 Å². The average molecular weight is 348 g/mol. The molecule has 7 heteroatoms. The van der Waals surface area contributed by atoms with Crippen molar-refractivity contribution >= 4 is 22.5 Å². The Morgan fingerprint density at radius 3 is 2.56 bits per heavy atom. The molecule has 3 aromatic rings. The summed E-state index contributed by atoms with van der Waals surface area (Å²) in [5.74, 6) is -1.04. The molecule has 25 heavy (non-hydrogen) atoms. The lowest BCUT2D eigenvalue weighted by Gasteiger charge is -2.11. The molecule has 2 N–H and O–H groups in total. The number of carbonyl (C=O) groups is 1. The Labute approximate surface area is 141 Å². The Morgan fingerprint density at radius 2 is 1.84 bits per heavy atom. The summed E-state index contributed by atoms with van der Waals surface area (Å²) in [5, 5.41) is 13.2. The van der Waals surface area contributed by atoms with Crippen LogP contribution in [-0.4, -0.2) is 16.0 Å². The molecule has 0 unspecified atom stereocenters. The van der Waals surface area contributed by atoms with Crippen molar-refractivity contribution < 1.29 is 23.1 Å². The first-order valence-corrected chi connectivity index (χ1v) is 6.91. The Morgan fingerprint density at radius 1 is 1.08 bits per heavy atom. The molecule has 0 saturated carbocycles. The van der Waals surface area contributed by atoms with Crippen LogP contribution in [0, 0.1) is 0 Å². The van der Waals surface area contributed by atoms with E-state index < -0.39 is 17.6 Å². The highest BCUT2D eigenvalue weighted by molar-refractivity contribution is 6.09. The molecule has 1 heterocycles. The number of phenols is 1. The minimum absolute atomic E-state index is 0. The number of benzene rings is 2. The van der Waals surface area contributed by atoms with Crippen LogP contribution < -0.4 is 5.32 Å². The average Bonchev–Trinajstić information content (AvgIpc) is 2.55. The summed E-state index contributed by atoms with van der Waals surface area (Å²) >= 11 is 0. The van der Waals surface area contributed by atoms with Gasteiger partial charge in [-0.05, 0) is 30.3 Å². The van der Waals surface area contributed by atoms with Gasteiger partial charge >= 0.3 is 6.18 Å². The van der Waals surface area contributed by atoms with E-state index in [4.69, 9.17) is 0 Å². The van der Waals surface area contributed by atoms with Crippen molar-refractivity contribution in [2.75, 3.05) is 5.32 Å². The van der Waals surface area contributed by atoms with Crippen LogP contribution in [0.5, 0.6) is 5.75 Å². The molecule has 0 aliphatic heterocycles. The molecule has 3 rings (SSSR count). The van der Waals surface area contributed by atoms with Gasteiger partial charge in [0.15, 0.2) is 5.75 Å². The van der Waals surface area contributed by atoms with E-state index in [0.29, 0.717) is 5.39 Å². The predicted octanol–water partition coefficient (Wildman–Crippen LogP) is 4.85. The number of rotatable bonds is 2. The highest BCUT2D eigenvalue weighted by Gasteiger charge is 2.30. The number of halogens is 3. The van der Waals surface area contributed by atoms with Gasteiger partial charge in [-0.1, -0.05) is 25.6 Å². The zero-order valence-electron chi connectivity index (χ0n) is 12.1. The zero-order valence-corrected chi connectivity index (χ0v) is 12.1. The largest absolute Gasteiger partial charge is 0.505 e. The Hall–Kier alpha value is -3.09. The fourth-order valence-corrected chi connectivity index (χ4v) is 2.28. The van der Waals surface area contributed by atoms with Crippen LogP contribution in [0.4, 0.5) is 18.9 Å².